The van der Waals surface area contributed by atoms with Crippen LogP contribution in [-0.2, 0) is 14.3 Å². The highest BCUT2D eigenvalue weighted by Crippen LogP contribution is 2.15. The minimum atomic E-state index is 0.0569. The van der Waals surface area contributed by atoms with E-state index in [0.29, 0.717) is 45.9 Å². The Labute approximate surface area is 102 Å². The van der Waals surface area contributed by atoms with Crippen LogP contribution >= 0.6 is 0 Å². The molecule has 0 saturated carbocycles. The number of hydrogen-bond donors (Lipinski definition) is 0. The monoisotopic (exact) mass is 235 g/mol. The number of rotatable bonds is 7. The number of hydrogen-bond acceptors (Lipinski definition) is 3. The number of ether oxygens (including phenoxy) is 2. The van der Waals surface area contributed by atoms with Crippen LogP contribution in [0.2, 0.25) is 0 Å². The Kier molecular flexibility index (Phi) is 6.17. The van der Waals surface area contributed by atoms with Crippen LogP contribution < -0.4 is 0 Å². The van der Waals surface area contributed by atoms with Crippen LogP contribution in [0, 0.1) is 30.6 Å². The lowest BCUT2D eigenvalue weighted by atomic mass is 10.1. The Hall–Kier alpha value is -1.49. The van der Waals surface area contributed by atoms with E-state index < -0.39 is 0 Å². The predicted octanol–water partition coefficient (Wildman–Crippen LogP) is 0.135. The molecule has 1 rings (SSSR count). The zero-order valence-corrected chi connectivity index (χ0v) is 9.85. The van der Waals surface area contributed by atoms with E-state index in [0.717, 1.165) is 0 Å². The van der Waals surface area contributed by atoms with Gasteiger partial charge in [-0.1, -0.05) is 5.92 Å². The van der Waals surface area contributed by atoms with E-state index in [9.17, 15) is 4.79 Å². The minimum absolute atomic E-state index is 0.0569. The van der Waals surface area contributed by atoms with Crippen LogP contribution in [0.25, 0.3) is 0 Å². The number of carbonyl (C=O) groups is 1. The van der Waals surface area contributed by atoms with Gasteiger partial charge in [-0.15, -0.1) is 18.8 Å². The van der Waals surface area contributed by atoms with Crippen molar-refractivity contribution in [2.24, 2.45) is 5.92 Å². The molecule has 1 aliphatic heterocycles. The van der Waals surface area contributed by atoms with E-state index in [1.807, 2.05) is 0 Å². The lowest BCUT2D eigenvalue weighted by molar-refractivity contribution is -0.128. The summed E-state index contributed by atoms with van der Waals surface area (Å²) < 4.78 is 10.4. The third kappa shape index (κ3) is 4.91. The van der Waals surface area contributed by atoms with Gasteiger partial charge in [0.05, 0.1) is 19.8 Å². The van der Waals surface area contributed by atoms with Crippen molar-refractivity contribution in [1.29, 1.82) is 0 Å². The second-order valence-electron chi connectivity index (χ2n) is 3.78. The van der Waals surface area contributed by atoms with Crippen molar-refractivity contribution in [1.82, 2.24) is 4.90 Å². The Morgan fingerprint density at radius 3 is 2.71 bits per heavy atom. The number of terminal acetylenes is 2. The normalized spacial score (nSPS) is 19.1. The van der Waals surface area contributed by atoms with Gasteiger partial charge in [0.1, 0.15) is 6.61 Å². The second kappa shape index (κ2) is 7.73. The summed E-state index contributed by atoms with van der Waals surface area (Å²) in [5.41, 5.74) is 0. The molecule has 17 heavy (non-hydrogen) atoms. The smallest absolute Gasteiger partial charge is 0.224 e. The first-order valence-electron chi connectivity index (χ1n) is 5.60. The second-order valence-corrected chi connectivity index (χ2v) is 3.78. The molecule has 0 spiro atoms. The molecule has 0 aromatic rings. The molecule has 0 radical (unpaired) electrons. The minimum Gasteiger partial charge on any atom is -0.377 e. The van der Waals surface area contributed by atoms with Gasteiger partial charge < -0.3 is 14.4 Å². The molecular weight excluding hydrogens is 218 g/mol. The zero-order valence-electron chi connectivity index (χ0n) is 9.85. The summed E-state index contributed by atoms with van der Waals surface area (Å²) in [7, 11) is 0. The molecule has 1 aliphatic rings. The summed E-state index contributed by atoms with van der Waals surface area (Å²) in [4.78, 5) is 13.2. The zero-order chi connectivity index (χ0) is 12.5. The Morgan fingerprint density at radius 1 is 1.29 bits per heavy atom. The molecule has 1 atom stereocenters. The van der Waals surface area contributed by atoms with Crippen LogP contribution in [0.3, 0.4) is 0 Å². The Bertz CT molecular complexity index is 327. The van der Waals surface area contributed by atoms with Crippen LogP contribution in [-0.4, -0.2) is 50.3 Å². The lowest BCUT2D eigenvalue weighted by Crippen LogP contribution is -2.29. The highest BCUT2D eigenvalue weighted by molar-refractivity contribution is 5.79. The third-order valence-electron chi connectivity index (χ3n) is 2.51. The summed E-state index contributed by atoms with van der Waals surface area (Å²) in [6, 6.07) is 0. The average molecular weight is 235 g/mol. The summed E-state index contributed by atoms with van der Waals surface area (Å²) in [5.74, 6) is 5.15. The van der Waals surface area contributed by atoms with Crippen molar-refractivity contribution in [3.05, 3.63) is 0 Å². The van der Waals surface area contributed by atoms with Crippen molar-refractivity contribution < 1.29 is 14.3 Å². The van der Waals surface area contributed by atoms with Gasteiger partial charge in [-0.25, -0.2) is 0 Å². The molecule has 1 heterocycles. The fourth-order valence-electron chi connectivity index (χ4n) is 1.63. The summed E-state index contributed by atoms with van der Waals surface area (Å²) in [6.45, 7) is 3.01. The maximum atomic E-state index is 11.5. The summed E-state index contributed by atoms with van der Waals surface area (Å²) in [5, 5.41) is 0. The van der Waals surface area contributed by atoms with Gasteiger partial charge >= 0.3 is 0 Å². The highest BCUT2D eigenvalue weighted by Gasteiger charge is 2.27. The van der Waals surface area contributed by atoms with Gasteiger partial charge in [-0.2, -0.15) is 0 Å². The molecule has 1 saturated heterocycles. The quantitative estimate of drug-likeness (QED) is 0.465. The first-order chi connectivity index (χ1) is 8.27. The molecule has 0 bridgehead atoms. The van der Waals surface area contributed by atoms with Gasteiger partial charge in [0.25, 0.3) is 0 Å². The van der Waals surface area contributed by atoms with Crippen molar-refractivity contribution >= 4 is 5.91 Å². The van der Waals surface area contributed by atoms with E-state index in [-0.39, 0.29) is 11.8 Å². The lowest BCUT2D eigenvalue weighted by Gasteiger charge is -2.15. The molecule has 0 aromatic heterocycles. The van der Waals surface area contributed by atoms with Crippen LogP contribution in [0.4, 0.5) is 0 Å². The van der Waals surface area contributed by atoms with Gasteiger partial charge in [0, 0.05) is 25.4 Å². The number of amides is 1. The van der Waals surface area contributed by atoms with Crippen LogP contribution in [0.1, 0.15) is 6.42 Å². The molecule has 4 nitrogen and oxygen atoms in total. The van der Waals surface area contributed by atoms with Gasteiger partial charge in [0.2, 0.25) is 5.91 Å². The first-order valence-corrected chi connectivity index (χ1v) is 5.60. The molecule has 92 valence electrons. The van der Waals surface area contributed by atoms with Crippen molar-refractivity contribution in [3.63, 3.8) is 0 Å². The largest absolute Gasteiger partial charge is 0.377 e. The van der Waals surface area contributed by atoms with Crippen LogP contribution in [0.5, 0.6) is 0 Å². The molecule has 1 fully saturated rings. The maximum Gasteiger partial charge on any atom is 0.224 e. The molecule has 0 aromatic carbocycles. The fourth-order valence-corrected chi connectivity index (χ4v) is 1.63. The molecular formula is C13H17NO3. The van der Waals surface area contributed by atoms with Crippen LogP contribution in [0.15, 0.2) is 0 Å². The fraction of sp³-hybridized carbons (Fsp3) is 0.615. The van der Waals surface area contributed by atoms with Gasteiger partial charge in [-0.3, -0.25) is 4.79 Å². The highest BCUT2D eigenvalue weighted by atomic mass is 16.5. The third-order valence-corrected chi connectivity index (χ3v) is 2.51. The topological polar surface area (TPSA) is 38.8 Å². The predicted molar refractivity (Wildman–Crippen MR) is 64.0 cm³/mol. The molecule has 4 heteroatoms. The van der Waals surface area contributed by atoms with Gasteiger partial charge in [0.15, 0.2) is 0 Å². The van der Waals surface area contributed by atoms with E-state index in [1.54, 1.807) is 4.90 Å². The molecule has 1 amide bonds. The van der Waals surface area contributed by atoms with Gasteiger partial charge in [-0.05, 0) is 0 Å². The van der Waals surface area contributed by atoms with E-state index >= 15 is 0 Å². The average Bonchev–Trinajstić information content (AvgIpc) is 2.69. The SMILES string of the molecule is C#CCOCCOCCN1CC(C#C)CC1=O. The maximum absolute atomic E-state index is 11.5. The summed E-state index contributed by atoms with van der Waals surface area (Å²) >= 11 is 0. The number of carbonyl (C=O) groups excluding carboxylic acids is 1. The molecule has 0 aliphatic carbocycles. The van der Waals surface area contributed by atoms with Crippen molar-refractivity contribution in [2.75, 3.05) is 39.5 Å². The standard InChI is InChI=1S/C13H17NO3/c1-3-6-16-8-9-17-7-5-14-11-12(4-2)10-13(14)15/h1-2,12H,5-11H2. The number of likely N-dealkylation sites (tertiary alicyclic amines) is 1. The Balaban J connectivity index is 2.02. The van der Waals surface area contributed by atoms with Crippen molar-refractivity contribution in [2.45, 2.75) is 6.42 Å². The molecule has 1 unspecified atom stereocenters. The number of nitrogens with zero attached hydrogens (tertiary/aromatic N) is 1. The van der Waals surface area contributed by atoms with E-state index in [2.05, 4.69) is 11.8 Å². The molecule has 0 N–H and O–H groups in total. The first kappa shape index (κ1) is 13.6. The Morgan fingerprint density at radius 2 is 2.06 bits per heavy atom. The summed E-state index contributed by atoms with van der Waals surface area (Å²) in [6.07, 6.45) is 10.8. The van der Waals surface area contributed by atoms with Crippen molar-refractivity contribution in [3.8, 4) is 24.7 Å². The van der Waals surface area contributed by atoms with E-state index in [1.165, 1.54) is 0 Å². The van der Waals surface area contributed by atoms with E-state index in [4.69, 9.17) is 22.3 Å².